The number of hydrogen-bond donors (Lipinski definition) is 3. The number of ether oxygens (including phenoxy) is 2. The summed E-state index contributed by atoms with van der Waals surface area (Å²) in [5.74, 6) is 0. The smallest absolute Gasteiger partial charge is 0.190 e. The molecule has 0 aromatic heterocycles. The second-order valence-electron chi connectivity index (χ2n) is 8.26. The molecule has 3 aromatic carbocycles. The Labute approximate surface area is 203 Å². The van der Waals surface area contributed by atoms with Crippen molar-refractivity contribution in [2.75, 3.05) is 13.3 Å². The van der Waals surface area contributed by atoms with Crippen LogP contribution in [0.2, 0.25) is 0 Å². The molecule has 0 spiro atoms. The van der Waals surface area contributed by atoms with Crippen molar-refractivity contribution in [2.24, 2.45) is 0 Å². The molecule has 1 heterocycles. The highest BCUT2D eigenvalue weighted by molar-refractivity contribution is 8.10. The van der Waals surface area contributed by atoms with Crippen molar-refractivity contribution in [2.45, 2.75) is 36.3 Å². The Morgan fingerprint density at radius 2 is 1.21 bits per heavy atom. The quantitative estimate of drug-likeness (QED) is 0.324. The lowest BCUT2D eigenvalue weighted by Gasteiger charge is -2.43. The summed E-state index contributed by atoms with van der Waals surface area (Å²) in [5.41, 5.74) is 1.73. The Balaban J connectivity index is 1.73. The average molecular weight is 500 g/mol. The van der Waals surface area contributed by atoms with Crippen LogP contribution in [0, 0.1) is 0 Å². The highest BCUT2D eigenvalue weighted by Crippen LogP contribution is 2.45. The third-order valence-electron chi connectivity index (χ3n) is 5.94. The summed E-state index contributed by atoms with van der Waals surface area (Å²) in [6.07, 6.45) is -6.12. The summed E-state index contributed by atoms with van der Waals surface area (Å²) in [6, 6.07) is 29.6. The van der Waals surface area contributed by atoms with Gasteiger partial charge in [0.1, 0.15) is 30.0 Å². The van der Waals surface area contributed by atoms with E-state index in [9.17, 15) is 15.3 Å². The lowest BCUT2D eigenvalue weighted by atomic mass is 9.80. The maximum Gasteiger partial charge on any atom is 0.190 e. The van der Waals surface area contributed by atoms with Crippen molar-refractivity contribution in [3.63, 3.8) is 0 Å². The molecule has 1 aliphatic rings. The standard InChI is InChI=1S/C26H30O6P2/c1-34(33)32-25-24(29)23(28)22(27)21(31-25)17-30-26(18-11-5-2-6-12-18,19-13-7-3-8-14-19)20-15-9-4-10-16-20/h2-16,21-25,27-29H,17,33H2,1H3/t21?,22-,23+,24?,25+,34?/m1/s1. The number of rotatable bonds is 8. The summed E-state index contributed by atoms with van der Waals surface area (Å²) in [4.78, 5) is 0. The first-order chi connectivity index (χ1) is 16.4. The van der Waals surface area contributed by atoms with E-state index >= 15 is 0 Å². The third-order valence-corrected chi connectivity index (χ3v) is 6.85. The van der Waals surface area contributed by atoms with E-state index in [-0.39, 0.29) is 6.61 Å². The van der Waals surface area contributed by atoms with Gasteiger partial charge in [-0.1, -0.05) is 99.9 Å². The molecule has 3 N–H and O–H groups in total. The molecule has 0 aliphatic carbocycles. The van der Waals surface area contributed by atoms with Crippen LogP contribution in [0.5, 0.6) is 0 Å². The molecule has 0 amide bonds. The summed E-state index contributed by atoms with van der Waals surface area (Å²) >= 11 is 0. The molecule has 180 valence electrons. The van der Waals surface area contributed by atoms with Gasteiger partial charge in [-0.05, 0) is 23.4 Å². The molecule has 0 bridgehead atoms. The Bertz CT molecular complexity index is 925. The van der Waals surface area contributed by atoms with Crippen LogP contribution in [0.4, 0.5) is 0 Å². The largest absolute Gasteiger partial charge is 0.387 e. The predicted molar refractivity (Wildman–Crippen MR) is 135 cm³/mol. The maximum atomic E-state index is 10.7. The van der Waals surface area contributed by atoms with Crippen LogP contribution in [-0.4, -0.2) is 59.3 Å². The zero-order valence-corrected chi connectivity index (χ0v) is 20.9. The van der Waals surface area contributed by atoms with E-state index in [4.69, 9.17) is 14.0 Å². The first kappa shape index (κ1) is 25.4. The second-order valence-corrected chi connectivity index (χ2v) is 11.7. The molecule has 1 saturated heterocycles. The molecule has 1 aliphatic heterocycles. The van der Waals surface area contributed by atoms with E-state index in [1.165, 1.54) is 0 Å². The van der Waals surface area contributed by atoms with Crippen LogP contribution in [-0.2, 0) is 19.6 Å². The van der Waals surface area contributed by atoms with Gasteiger partial charge in [-0.2, -0.15) is 0 Å². The molecule has 0 saturated carbocycles. The second kappa shape index (κ2) is 11.3. The summed E-state index contributed by atoms with van der Waals surface area (Å²) < 4.78 is 18.3. The summed E-state index contributed by atoms with van der Waals surface area (Å²) in [5, 5.41) is 31.5. The van der Waals surface area contributed by atoms with Gasteiger partial charge in [0.15, 0.2) is 6.29 Å². The van der Waals surface area contributed by atoms with Gasteiger partial charge in [0.25, 0.3) is 0 Å². The van der Waals surface area contributed by atoms with E-state index in [1.807, 2.05) is 97.7 Å². The fourth-order valence-corrected chi connectivity index (χ4v) is 5.14. The fraction of sp³-hybridized carbons (Fsp3) is 0.308. The first-order valence-corrected chi connectivity index (χ1v) is 14.4. The molecule has 6 nitrogen and oxygen atoms in total. The lowest BCUT2D eigenvalue weighted by molar-refractivity contribution is -0.281. The summed E-state index contributed by atoms with van der Waals surface area (Å²) in [6.45, 7) is 1.78. The highest BCUT2D eigenvalue weighted by atomic mass is 32.0. The number of hydrogen-bond acceptors (Lipinski definition) is 6. The van der Waals surface area contributed by atoms with Crippen LogP contribution in [0.3, 0.4) is 0 Å². The van der Waals surface area contributed by atoms with Gasteiger partial charge in [0.2, 0.25) is 0 Å². The lowest BCUT2D eigenvalue weighted by Crippen LogP contribution is -2.59. The molecule has 4 rings (SSSR count). The van der Waals surface area contributed by atoms with Crippen LogP contribution in [0.25, 0.3) is 0 Å². The molecule has 1 fully saturated rings. The topological polar surface area (TPSA) is 88.4 Å². The van der Waals surface area contributed by atoms with E-state index in [1.54, 1.807) is 0 Å². The van der Waals surface area contributed by atoms with Crippen LogP contribution >= 0.6 is 16.8 Å². The van der Waals surface area contributed by atoms with Crippen molar-refractivity contribution < 1.29 is 29.3 Å². The van der Waals surface area contributed by atoms with Gasteiger partial charge < -0.3 is 29.3 Å². The van der Waals surface area contributed by atoms with Crippen molar-refractivity contribution in [1.82, 2.24) is 0 Å². The predicted octanol–water partition coefficient (Wildman–Crippen LogP) is 3.64. The van der Waals surface area contributed by atoms with E-state index in [0.717, 1.165) is 16.7 Å². The van der Waals surface area contributed by atoms with Crippen molar-refractivity contribution >= 4 is 16.8 Å². The minimum absolute atomic E-state index is 0.0536. The minimum Gasteiger partial charge on any atom is -0.387 e. The molecule has 0 radical (unpaired) electrons. The van der Waals surface area contributed by atoms with Crippen molar-refractivity contribution in [3.8, 4) is 0 Å². The van der Waals surface area contributed by atoms with Gasteiger partial charge in [-0.3, -0.25) is 0 Å². The molecule has 34 heavy (non-hydrogen) atoms. The zero-order chi connectivity index (χ0) is 24.1. The Morgan fingerprint density at radius 3 is 1.62 bits per heavy atom. The van der Waals surface area contributed by atoms with E-state index in [0.29, 0.717) is 0 Å². The van der Waals surface area contributed by atoms with Gasteiger partial charge in [0, 0.05) is 7.84 Å². The Hall–Kier alpha value is -1.72. The Morgan fingerprint density at radius 1 is 0.765 bits per heavy atom. The van der Waals surface area contributed by atoms with E-state index < -0.39 is 44.1 Å². The molecular weight excluding hydrogens is 470 g/mol. The molecule has 3 aromatic rings. The molecule has 7 atom stereocenters. The SMILES string of the molecule is CP(P)O[C@@H]1OC(COC(c2ccccc2)(c2ccccc2)c2ccccc2)[C@@H](O)[C@H](O)C1O. The number of aliphatic hydroxyl groups excluding tert-OH is 3. The van der Waals surface area contributed by atoms with Gasteiger partial charge in [0.05, 0.1) is 6.61 Å². The van der Waals surface area contributed by atoms with Gasteiger partial charge in [-0.25, -0.2) is 0 Å². The van der Waals surface area contributed by atoms with Crippen LogP contribution in [0.1, 0.15) is 16.7 Å². The Kier molecular flexibility index (Phi) is 8.47. The zero-order valence-electron chi connectivity index (χ0n) is 18.8. The summed E-state index contributed by atoms with van der Waals surface area (Å²) in [7, 11) is 1.58. The van der Waals surface area contributed by atoms with Crippen LogP contribution in [0.15, 0.2) is 91.0 Å². The number of aliphatic hydroxyl groups is 3. The molecule has 4 unspecified atom stereocenters. The number of benzene rings is 3. The highest BCUT2D eigenvalue weighted by Gasteiger charge is 2.46. The first-order valence-electron chi connectivity index (χ1n) is 11.1. The normalized spacial score (nSPS) is 26.2. The fourth-order valence-electron chi connectivity index (χ4n) is 4.28. The molecular formula is C26H30O6P2. The third kappa shape index (κ3) is 5.26. The van der Waals surface area contributed by atoms with Crippen molar-refractivity contribution in [1.29, 1.82) is 0 Å². The van der Waals surface area contributed by atoms with Crippen molar-refractivity contribution in [3.05, 3.63) is 108 Å². The van der Waals surface area contributed by atoms with E-state index in [2.05, 4.69) is 8.93 Å². The monoisotopic (exact) mass is 500 g/mol. The average Bonchev–Trinajstić information content (AvgIpc) is 2.87. The van der Waals surface area contributed by atoms with Crippen LogP contribution < -0.4 is 0 Å². The van der Waals surface area contributed by atoms with Gasteiger partial charge in [-0.15, -0.1) is 0 Å². The molecule has 8 heteroatoms. The van der Waals surface area contributed by atoms with Gasteiger partial charge >= 0.3 is 0 Å². The minimum atomic E-state index is -1.42. The maximum absolute atomic E-state index is 10.7.